The molecule has 0 aliphatic rings. The molecule has 0 fully saturated rings. The van der Waals surface area contributed by atoms with Crippen molar-refractivity contribution in [2.75, 3.05) is 27.2 Å². The summed E-state index contributed by atoms with van der Waals surface area (Å²) in [5.41, 5.74) is 4.41. The van der Waals surface area contributed by atoms with E-state index in [1.54, 1.807) is 6.07 Å². The maximum atomic E-state index is 10.5. The van der Waals surface area contributed by atoms with E-state index in [0.29, 0.717) is 27.6 Å². The summed E-state index contributed by atoms with van der Waals surface area (Å²) in [7, 11) is 4.13. The smallest absolute Gasteiger partial charge is 0.137 e. The van der Waals surface area contributed by atoms with Crippen LogP contribution in [0.1, 0.15) is 22.3 Å². The zero-order valence-electron chi connectivity index (χ0n) is 16.1. The maximum Gasteiger partial charge on any atom is 0.137 e. The van der Waals surface area contributed by atoms with Crippen LogP contribution in [-0.4, -0.2) is 42.9 Å². The summed E-state index contributed by atoms with van der Waals surface area (Å²) < 4.78 is 6.51. The Bertz CT molecular complexity index is 752. The van der Waals surface area contributed by atoms with Gasteiger partial charge in [0.1, 0.15) is 31.5 Å². The lowest BCUT2D eigenvalue weighted by molar-refractivity contribution is -0.906. The molecule has 3 nitrogen and oxygen atoms in total. The molecule has 0 saturated heterocycles. The van der Waals surface area contributed by atoms with Crippen molar-refractivity contribution in [3.63, 3.8) is 0 Å². The van der Waals surface area contributed by atoms with Gasteiger partial charge in [-0.15, -0.1) is 0 Å². The van der Waals surface area contributed by atoms with Crippen molar-refractivity contribution in [3.05, 3.63) is 62.6 Å². The third kappa shape index (κ3) is 5.88. The molecule has 0 heterocycles. The van der Waals surface area contributed by atoms with Crippen molar-refractivity contribution in [1.82, 2.24) is 0 Å². The van der Waals surface area contributed by atoms with E-state index in [1.807, 2.05) is 26.0 Å². The van der Waals surface area contributed by atoms with Gasteiger partial charge in [0.25, 0.3) is 0 Å². The first-order chi connectivity index (χ1) is 12.1. The zero-order valence-corrected chi connectivity index (χ0v) is 17.7. The van der Waals surface area contributed by atoms with Crippen LogP contribution in [0.15, 0.2) is 30.3 Å². The van der Waals surface area contributed by atoms with Gasteiger partial charge in [-0.3, -0.25) is 0 Å². The quantitative estimate of drug-likeness (QED) is 0.671. The highest BCUT2D eigenvalue weighted by atomic mass is 35.5. The third-order valence-corrected chi connectivity index (χ3v) is 4.93. The first-order valence-corrected chi connectivity index (χ1v) is 9.47. The highest BCUT2D eigenvalue weighted by Gasteiger charge is 2.23. The number of aryl methyl sites for hydroxylation is 3. The van der Waals surface area contributed by atoms with Crippen LogP contribution in [0, 0.1) is 20.8 Å². The van der Waals surface area contributed by atoms with E-state index < -0.39 is 6.10 Å². The normalized spacial score (nSPS) is 12.9. The number of likely N-dealkylation sites (N-methyl/N-ethyl adjacent to an activating group) is 1. The van der Waals surface area contributed by atoms with E-state index in [0.717, 1.165) is 22.4 Å². The molecule has 1 atom stereocenters. The average Bonchev–Trinajstić information content (AvgIpc) is 2.48. The number of nitrogens with zero attached hydrogens (tertiary/aromatic N) is 1. The van der Waals surface area contributed by atoms with Crippen LogP contribution >= 0.6 is 23.2 Å². The molecule has 0 aromatic heterocycles. The number of ether oxygens (including phenoxy) is 1. The van der Waals surface area contributed by atoms with Gasteiger partial charge in [0.05, 0.1) is 19.1 Å². The van der Waals surface area contributed by atoms with E-state index in [9.17, 15) is 5.11 Å². The van der Waals surface area contributed by atoms with Crippen LogP contribution in [0.2, 0.25) is 10.0 Å². The van der Waals surface area contributed by atoms with Crippen LogP contribution < -0.4 is 4.74 Å². The molecule has 2 rings (SSSR count). The lowest BCUT2D eigenvalue weighted by atomic mass is 10.1. The minimum absolute atomic E-state index is 0.265. The fourth-order valence-corrected chi connectivity index (χ4v) is 3.84. The number of aliphatic hydroxyl groups excluding tert-OH is 1. The standard InChI is InChI=1S/C21H28Cl2NO2/c1-14-8-15(2)21(16(3)9-14)26-13-19(25)12-24(4,5)11-17-6-7-18(22)10-20(17)23/h6-10,19,25H,11-13H2,1-5H3/q+1. The molecular formula is C21H28Cl2NO2+. The molecule has 0 aliphatic carbocycles. The van der Waals surface area contributed by atoms with E-state index in [2.05, 4.69) is 33.2 Å². The Morgan fingerprint density at radius 1 is 1.04 bits per heavy atom. The lowest BCUT2D eigenvalue weighted by Crippen LogP contribution is -2.46. The molecule has 0 aliphatic heterocycles. The van der Waals surface area contributed by atoms with Crippen molar-refractivity contribution < 1.29 is 14.3 Å². The van der Waals surface area contributed by atoms with Crippen molar-refractivity contribution in [3.8, 4) is 5.75 Å². The van der Waals surface area contributed by atoms with E-state index in [-0.39, 0.29) is 6.61 Å². The third-order valence-electron chi connectivity index (χ3n) is 4.34. The molecule has 0 saturated carbocycles. The molecule has 1 N–H and O–H groups in total. The monoisotopic (exact) mass is 396 g/mol. The maximum absolute atomic E-state index is 10.5. The minimum Gasteiger partial charge on any atom is -0.490 e. The topological polar surface area (TPSA) is 29.5 Å². The first-order valence-electron chi connectivity index (χ1n) is 8.72. The molecule has 142 valence electrons. The molecule has 2 aromatic rings. The first kappa shape index (κ1) is 21.0. The van der Waals surface area contributed by atoms with Gasteiger partial charge in [-0.1, -0.05) is 47.0 Å². The summed E-state index contributed by atoms with van der Waals surface area (Å²) in [6.45, 7) is 7.66. The Balaban J connectivity index is 1.97. The van der Waals surface area contributed by atoms with Crippen LogP contribution in [-0.2, 0) is 6.54 Å². The summed E-state index contributed by atoms with van der Waals surface area (Å²) in [4.78, 5) is 0. The summed E-state index contributed by atoms with van der Waals surface area (Å²) in [6.07, 6.45) is -0.573. The van der Waals surface area contributed by atoms with E-state index in [1.165, 1.54) is 5.56 Å². The largest absolute Gasteiger partial charge is 0.490 e. The van der Waals surface area contributed by atoms with Gasteiger partial charge in [0.2, 0.25) is 0 Å². The van der Waals surface area contributed by atoms with Gasteiger partial charge in [-0.25, -0.2) is 0 Å². The predicted octanol–water partition coefficient (Wildman–Crippen LogP) is 4.93. The summed E-state index contributed by atoms with van der Waals surface area (Å²) >= 11 is 12.2. The Morgan fingerprint density at radius 3 is 2.23 bits per heavy atom. The fraction of sp³-hybridized carbons (Fsp3) is 0.429. The van der Waals surface area contributed by atoms with Crippen molar-refractivity contribution >= 4 is 23.2 Å². The van der Waals surface area contributed by atoms with Crippen LogP contribution in [0.4, 0.5) is 0 Å². The van der Waals surface area contributed by atoms with Gasteiger partial charge in [-0.2, -0.15) is 0 Å². The predicted molar refractivity (Wildman–Crippen MR) is 109 cm³/mol. The van der Waals surface area contributed by atoms with Crippen molar-refractivity contribution in [2.45, 2.75) is 33.4 Å². The average molecular weight is 397 g/mol. The van der Waals surface area contributed by atoms with Crippen LogP contribution in [0.5, 0.6) is 5.75 Å². The Kier molecular flexibility index (Phi) is 6.98. The van der Waals surface area contributed by atoms with Gasteiger partial charge < -0.3 is 14.3 Å². The second-order valence-electron chi connectivity index (χ2n) is 7.70. The molecule has 0 spiro atoms. The highest BCUT2D eigenvalue weighted by molar-refractivity contribution is 6.35. The van der Waals surface area contributed by atoms with E-state index in [4.69, 9.17) is 27.9 Å². The molecule has 5 heteroatoms. The molecule has 0 bridgehead atoms. The van der Waals surface area contributed by atoms with Gasteiger partial charge in [-0.05, 0) is 44.0 Å². The Hall–Kier alpha value is -1.26. The zero-order chi connectivity index (χ0) is 19.5. The number of hydrogen-bond acceptors (Lipinski definition) is 2. The minimum atomic E-state index is -0.573. The summed E-state index contributed by atoms with van der Waals surface area (Å²) in [6, 6.07) is 9.72. The number of benzene rings is 2. The molecule has 2 aromatic carbocycles. The molecule has 26 heavy (non-hydrogen) atoms. The Morgan fingerprint density at radius 2 is 1.65 bits per heavy atom. The number of rotatable bonds is 7. The van der Waals surface area contributed by atoms with E-state index >= 15 is 0 Å². The van der Waals surface area contributed by atoms with Crippen molar-refractivity contribution in [1.29, 1.82) is 0 Å². The Labute approximate surface area is 166 Å². The van der Waals surface area contributed by atoms with Crippen LogP contribution in [0.3, 0.4) is 0 Å². The SMILES string of the molecule is Cc1cc(C)c(OCC(O)C[N+](C)(C)Cc2ccc(Cl)cc2Cl)c(C)c1. The molecule has 0 amide bonds. The molecular weight excluding hydrogens is 369 g/mol. The fourth-order valence-electron chi connectivity index (χ4n) is 3.37. The number of halogens is 2. The lowest BCUT2D eigenvalue weighted by Gasteiger charge is -2.32. The molecule has 0 radical (unpaired) electrons. The van der Waals surface area contributed by atoms with Gasteiger partial charge >= 0.3 is 0 Å². The second kappa shape index (κ2) is 8.62. The van der Waals surface area contributed by atoms with Gasteiger partial charge in [0.15, 0.2) is 0 Å². The second-order valence-corrected chi connectivity index (χ2v) is 8.55. The highest BCUT2D eigenvalue weighted by Crippen LogP contribution is 2.26. The number of quaternary nitrogens is 1. The van der Waals surface area contributed by atoms with Crippen LogP contribution in [0.25, 0.3) is 0 Å². The summed E-state index contributed by atoms with van der Waals surface area (Å²) in [5.74, 6) is 0.862. The number of hydrogen-bond donors (Lipinski definition) is 1. The number of aliphatic hydroxyl groups is 1. The molecule has 1 unspecified atom stereocenters. The summed E-state index contributed by atoms with van der Waals surface area (Å²) in [5, 5.41) is 11.8. The van der Waals surface area contributed by atoms with Gasteiger partial charge in [0, 0.05) is 10.6 Å². The van der Waals surface area contributed by atoms with Crippen molar-refractivity contribution in [2.24, 2.45) is 0 Å².